The van der Waals surface area contributed by atoms with Crippen molar-refractivity contribution in [1.82, 2.24) is 18.8 Å². The highest BCUT2D eigenvalue weighted by molar-refractivity contribution is 7.89. The fraction of sp³-hybridized carbons (Fsp3) is 0.500. The van der Waals surface area contributed by atoms with Crippen molar-refractivity contribution < 1.29 is 8.42 Å². The van der Waals surface area contributed by atoms with Gasteiger partial charge in [0.15, 0.2) is 0 Å². The van der Waals surface area contributed by atoms with Crippen LogP contribution in [0.2, 0.25) is 0 Å². The van der Waals surface area contributed by atoms with Gasteiger partial charge in [0.05, 0.1) is 11.7 Å². The van der Waals surface area contributed by atoms with Gasteiger partial charge in [0.1, 0.15) is 15.9 Å². The summed E-state index contributed by atoms with van der Waals surface area (Å²) in [5, 5.41) is 3.31. The van der Waals surface area contributed by atoms with Gasteiger partial charge >= 0.3 is 0 Å². The van der Waals surface area contributed by atoms with Crippen molar-refractivity contribution in [2.45, 2.75) is 36.7 Å². The average Bonchev–Trinajstić information content (AvgIpc) is 2.85. The topological polar surface area (TPSA) is 84.0 Å². The molecule has 0 bridgehead atoms. The third-order valence-corrected chi connectivity index (χ3v) is 5.58. The lowest BCUT2D eigenvalue weighted by molar-refractivity contribution is 0.361. The van der Waals surface area contributed by atoms with Crippen LogP contribution in [0.1, 0.15) is 19.8 Å². The van der Waals surface area contributed by atoms with Crippen molar-refractivity contribution in [3.63, 3.8) is 0 Å². The number of benzene rings is 1. The Morgan fingerprint density at radius 3 is 2.95 bits per heavy atom. The molecule has 2 atom stereocenters. The van der Waals surface area contributed by atoms with E-state index in [0.29, 0.717) is 17.1 Å². The van der Waals surface area contributed by atoms with Crippen LogP contribution in [0, 0.1) is 0 Å². The Morgan fingerprint density at radius 2 is 2.19 bits per heavy atom. The number of nitrogens with zero attached hydrogens (tertiary/aromatic N) is 2. The molecule has 0 radical (unpaired) electrons. The minimum Gasteiger partial charge on any atom is -0.314 e. The molecule has 1 aliphatic heterocycles. The highest BCUT2D eigenvalue weighted by Gasteiger charge is 2.26. The Hall–Kier alpha value is -0.800. The molecule has 9 heteroatoms. The van der Waals surface area contributed by atoms with Crippen LogP contribution in [-0.2, 0) is 10.0 Å². The summed E-state index contributed by atoms with van der Waals surface area (Å²) in [5.41, 5.74) is 1.07. The van der Waals surface area contributed by atoms with Crippen LogP contribution in [0.15, 0.2) is 23.1 Å². The number of piperidine rings is 1. The third-order valence-electron chi connectivity index (χ3n) is 3.48. The second-order valence-corrected chi connectivity index (χ2v) is 7.30. The zero-order chi connectivity index (χ0) is 14.2. The number of nitrogens with one attached hydrogen (secondary N) is 2. The summed E-state index contributed by atoms with van der Waals surface area (Å²) in [4.78, 5) is 0.218. The second-order valence-electron chi connectivity index (χ2n) is 5.09. The van der Waals surface area contributed by atoms with Crippen molar-refractivity contribution in [2.24, 2.45) is 0 Å². The Balaban J connectivity index is 0.00000161. The molecule has 3 rings (SSSR count). The van der Waals surface area contributed by atoms with Crippen molar-refractivity contribution in [3.05, 3.63) is 18.2 Å². The highest BCUT2D eigenvalue weighted by Crippen LogP contribution is 2.22. The molecule has 2 unspecified atom stereocenters. The number of sulfonamides is 1. The third kappa shape index (κ3) is 3.51. The molecule has 1 saturated heterocycles. The van der Waals surface area contributed by atoms with Crippen LogP contribution >= 0.6 is 24.1 Å². The lowest BCUT2D eigenvalue weighted by Crippen LogP contribution is -2.46. The summed E-state index contributed by atoms with van der Waals surface area (Å²) in [5.74, 6) is 0. The van der Waals surface area contributed by atoms with E-state index in [2.05, 4.69) is 25.7 Å². The number of halogens is 1. The predicted octanol–water partition coefficient (Wildman–Crippen LogP) is 1.53. The minimum absolute atomic E-state index is 0. The van der Waals surface area contributed by atoms with E-state index in [0.717, 1.165) is 31.1 Å². The second kappa shape index (κ2) is 6.53. The van der Waals surface area contributed by atoms with E-state index >= 15 is 0 Å². The van der Waals surface area contributed by atoms with Gasteiger partial charge in [0.2, 0.25) is 10.0 Å². The first-order valence-electron chi connectivity index (χ1n) is 6.53. The molecule has 0 spiro atoms. The van der Waals surface area contributed by atoms with Crippen LogP contribution in [0.4, 0.5) is 0 Å². The van der Waals surface area contributed by atoms with Gasteiger partial charge in [-0.25, -0.2) is 13.1 Å². The molecule has 1 aromatic carbocycles. The lowest BCUT2D eigenvalue weighted by Gasteiger charge is -2.28. The molecule has 2 heterocycles. The average molecular weight is 349 g/mol. The van der Waals surface area contributed by atoms with Crippen LogP contribution in [0.25, 0.3) is 11.0 Å². The molecule has 21 heavy (non-hydrogen) atoms. The van der Waals surface area contributed by atoms with Gasteiger partial charge in [0.25, 0.3) is 0 Å². The van der Waals surface area contributed by atoms with Crippen LogP contribution in [-0.4, -0.2) is 35.8 Å². The molecule has 0 saturated carbocycles. The molecule has 0 amide bonds. The molecule has 1 fully saturated rings. The van der Waals surface area contributed by atoms with Gasteiger partial charge in [-0.05, 0) is 38.4 Å². The molecule has 1 aliphatic rings. The van der Waals surface area contributed by atoms with Crippen molar-refractivity contribution in [1.29, 1.82) is 0 Å². The molecule has 2 N–H and O–H groups in total. The standard InChI is InChI=1S/C12H16N4O2S2.ClH/c1-8-7-9(5-6-13-8)16-20(17,18)11-4-2-3-10-12(11)15-19-14-10;/h2-4,8-9,13,16H,5-7H2,1H3;1H. The summed E-state index contributed by atoms with van der Waals surface area (Å²) in [7, 11) is -3.55. The van der Waals surface area contributed by atoms with Crippen LogP contribution < -0.4 is 10.0 Å². The van der Waals surface area contributed by atoms with E-state index in [4.69, 9.17) is 0 Å². The maximum absolute atomic E-state index is 12.5. The number of aromatic nitrogens is 2. The van der Waals surface area contributed by atoms with Crippen molar-refractivity contribution in [2.75, 3.05) is 6.54 Å². The quantitative estimate of drug-likeness (QED) is 0.878. The first kappa shape index (κ1) is 16.6. The van der Waals surface area contributed by atoms with E-state index in [9.17, 15) is 8.42 Å². The first-order chi connectivity index (χ1) is 9.56. The maximum Gasteiger partial charge on any atom is 0.243 e. The Labute approximate surface area is 134 Å². The monoisotopic (exact) mass is 348 g/mol. The van der Waals surface area contributed by atoms with Gasteiger partial charge in [-0.1, -0.05) is 6.07 Å². The molecule has 0 aliphatic carbocycles. The zero-order valence-electron chi connectivity index (χ0n) is 11.4. The summed E-state index contributed by atoms with van der Waals surface area (Å²) in [6.07, 6.45) is 1.60. The van der Waals surface area contributed by atoms with E-state index in [1.54, 1.807) is 18.2 Å². The summed E-state index contributed by atoms with van der Waals surface area (Å²) >= 11 is 1.03. The van der Waals surface area contributed by atoms with E-state index in [1.807, 2.05) is 0 Å². The zero-order valence-corrected chi connectivity index (χ0v) is 13.9. The van der Waals surface area contributed by atoms with Gasteiger partial charge in [-0.2, -0.15) is 8.75 Å². The highest BCUT2D eigenvalue weighted by atomic mass is 35.5. The first-order valence-corrected chi connectivity index (χ1v) is 8.74. The summed E-state index contributed by atoms with van der Waals surface area (Å²) in [6, 6.07) is 5.34. The molecular weight excluding hydrogens is 332 g/mol. The Kier molecular flexibility index (Phi) is 5.15. The minimum atomic E-state index is -3.55. The fourth-order valence-corrected chi connectivity index (χ4v) is 4.57. The number of fused-ring (bicyclic) bond motifs is 1. The van der Waals surface area contributed by atoms with Crippen molar-refractivity contribution in [3.8, 4) is 0 Å². The molecular formula is C12H17ClN4O2S2. The summed E-state index contributed by atoms with van der Waals surface area (Å²) in [6.45, 7) is 2.89. The van der Waals surface area contributed by atoms with Gasteiger partial charge in [-0.3, -0.25) is 0 Å². The Morgan fingerprint density at radius 1 is 1.38 bits per heavy atom. The fourth-order valence-electron chi connectivity index (χ4n) is 2.52. The SMILES string of the molecule is CC1CC(NS(=O)(=O)c2cccc3nsnc23)CCN1.Cl. The molecule has 6 nitrogen and oxygen atoms in total. The van der Waals surface area contributed by atoms with E-state index in [-0.39, 0.29) is 23.3 Å². The van der Waals surface area contributed by atoms with E-state index in [1.165, 1.54) is 0 Å². The summed E-state index contributed by atoms with van der Waals surface area (Å²) < 4.78 is 36.0. The molecule has 2 aromatic rings. The number of hydrogen-bond donors (Lipinski definition) is 2. The lowest BCUT2D eigenvalue weighted by atomic mass is 10.0. The Bertz CT molecular complexity index is 719. The predicted molar refractivity (Wildman–Crippen MR) is 85.5 cm³/mol. The van der Waals surface area contributed by atoms with Crippen LogP contribution in [0.3, 0.4) is 0 Å². The molecule has 1 aromatic heterocycles. The smallest absolute Gasteiger partial charge is 0.243 e. The van der Waals surface area contributed by atoms with Crippen LogP contribution in [0.5, 0.6) is 0 Å². The van der Waals surface area contributed by atoms with Crippen molar-refractivity contribution >= 4 is 45.2 Å². The van der Waals surface area contributed by atoms with Gasteiger partial charge in [-0.15, -0.1) is 12.4 Å². The maximum atomic E-state index is 12.5. The largest absolute Gasteiger partial charge is 0.314 e. The number of rotatable bonds is 3. The van der Waals surface area contributed by atoms with Gasteiger partial charge < -0.3 is 5.32 Å². The molecule has 116 valence electrons. The van der Waals surface area contributed by atoms with Gasteiger partial charge in [0, 0.05) is 12.1 Å². The number of hydrogen-bond acceptors (Lipinski definition) is 6. The van der Waals surface area contributed by atoms with E-state index < -0.39 is 10.0 Å². The normalized spacial score (nSPS) is 22.9.